The lowest BCUT2D eigenvalue weighted by atomic mass is 9.88. The Morgan fingerprint density at radius 3 is 2.55 bits per heavy atom. The van der Waals surface area contributed by atoms with Crippen LogP contribution in [0, 0.1) is 5.92 Å². The Bertz CT molecular complexity index is 1220. The molecule has 0 bridgehead atoms. The van der Waals surface area contributed by atoms with E-state index in [4.69, 9.17) is 25.9 Å². The van der Waals surface area contributed by atoms with Crippen LogP contribution in [0.2, 0.25) is 5.02 Å². The highest BCUT2D eigenvalue weighted by molar-refractivity contribution is 6.33. The number of Topliss-reactive ketones (excluding diaryl/α,β-unsaturated/α-hetero) is 1. The van der Waals surface area contributed by atoms with E-state index in [1.54, 1.807) is 13.0 Å². The Morgan fingerprint density at radius 2 is 1.82 bits per heavy atom. The summed E-state index contributed by atoms with van der Waals surface area (Å²) in [5.74, 6) is -1.82. The lowest BCUT2D eigenvalue weighted by Gasteiger charge is -2.18. The normalized spacial score (nSPS) is 22.9. The molecule has 0 saturated heterocycles. The maximum atomic E-state index is 13.2. The van der Waals surface area contributed by atoms with Gasteiger partial charge in [-0.25, -0.2) is 4.79 Å². The standard InChI is InChI=1S/C33H45ClN2O8/c1-22-11-8-15-26(42-18-10-17-35-23(2)37)16-9-14-25(36-43-21-30(40)24-12-6-4-3-5-7-13-24)19-27-31(33(41)44-22)28(38)20-29(39)32(27)34/h8-9,14-15,20,22,24,26,38-39H,3-7,10-13,16-19,21H2,1-2H3,(H,35,37)/b14-9+,15-8+,36-25+/t22-,26?/m1/s1. The first-order valence-corrected chi connectivity index (χ1v) is 15.9. The fourth-order valence-electron chi connectivity index (χ4n) is 5.28. The Kier molecular flexibility index (Phi) is 14.7. The summed E-state index contributed by atoms with van der Waals surface area (Å²) >= 11 is 6.44. The minimum atomic E-state index is -0.799. The van der Waals surface area contributed by atoms with Crippen LogP contribution in [0.1, 0.15) is 94.0 Å². The molecule has 1 aliphatic carbocycles. The number of allylic oxidation sites excluding steroid dienone is 1. The van der Waals surface area contributed by atoms with Crippen LogP contribution in [0.25, 0.3) is 0 Å². The van der Waals surface area contributed by atoms with Crippen LogP contribution in [0.3, 0.4) is 0 Å². The van der Waals surface area contributed by atoms with Crippen molar-refractivity contribution in [3.8, 4) is 11.5 Å². The van der Waals surface area contributed by atoms with Crippen LogP contribution in [0.5, 0.6) is 11.5 Å². The summed E-state index contributed by atoms with van der Waals surface area (Å²) in [6.07, 6.45) is 15.1. The highest BCUT2D eigenvalue weighted by Crippen LogP contribution is 2.37. The zero-order chi connectivity index (χ0) is 31.9. The molecule has 1 unspecified atom stereocenters. The van der Waals surface area contributed by atoms with E-state index in [0.717, 1.165) is 44.6 Å². The number of fused-ring (bicyclic) bond motifs is 1. The third kappa shape index (κ3) is 11.6. The molecule has 11 heteroatoms. The van der Waals surface area contributed by atoms with Gasteiger partial charge in [0.25, 0.3) is 0 Å². The zero-order valence-electron chi connectivity index (χ0n) is 25.7. The number of cyclic esters (lactones) is 1. The number of ether oxygens (including phenoxy) is 2. The van der Waals surface area contributed by atoms with E-state index in [1.807, 2.05) is 18.2 Å². The van der Waals surface area contributed by atoms with Crippen LogP contribution in [0.4, 0.5) is 0 Å². The van der Waals surface area contributed by atoms with Gasteiger partial charge in [-0.2, -0.15) is 0 Å². The van der Waals surface area contributed by atoms with E-state index in [1.165, 1.54) is 13.3 Å². The van der Waals surface area contributed by atoms with Crippen molar-refractivity contribution in [2.45, 2.75) is 96.7 Å². The number of esters is 1. The molecule has 0 radical (unpaired) electrons. The van der Waals surface area contributed by atoms with E-state index in [0.29, 0.717) is 38.1 Å². The number of hydrogen-bond donors (Lipinski definition) is 3. The minimum absolute atomic E-state index is 0.00488. The van der Waals surface area contributed by atoms with Crippen LogP contribution in [-0.4, -0.2) is 65.6 Å². The van der Waals surface area contributed by atoms with Gasteiger partial charge in [0.1, 0.15) is 23.2 Å². The lowest BCUT2D eigenvalue weighted by molar-refractivity contribution is -0.128. The predicted molar refractivity (Wildman–Crippen MR) is 168 cm³/mol. The Morgan fingerprint density at radius 1 is 1.09 bits per heavy atom. The zero-order valence-corrected chi connectivity index (χ0v) is 26.4. The van der Waals surface area contributed by atoms with Gasteiger partial charge in [0.2, 0.25) is 5.91 Å². The molecule has 1 amide bonds. The van der Waals surface area contributed by atoms with Crippen molar-refractivity contribution in [1.29, 1.82) is 0 Å². The van der Waals surface area contributed by atoms with E-state index < -0.39 is 23.6 Å². The number of nitrogens with one attached hydrogen (secondary N) is 1. The average Bonchev–Trinajstić information content (AvgIpc) is 2.94. The van der Waals surface area contributed by atoms with Crippen molar-refractivity contribution >= 4 is 35.0 Å². The third-order valence-electron chi connectivity index (χ3n) is 7.66. The van der Waals surface area contributed by atoms with Crippen molar-refractivity contribution in [1.82, 2.24) is 5.32 Å². The van der Waals surface area contributed by atoms with Crippen LogP contribution < -0.4 is 5.32 Å². The van der Waals surface area contributed by atoms with Crippen molar-refractivity contribution in [3.63, 3.8) is 0 Å². The van der Waals surface area contributed by atoms with Gasteiger partial charge in [-0.15, -0.1) is 0 Å². The molecule has 1 saturated carbocycles. The molecule has 1 aromatic carbocycles. The number of hydrogen-bond acceptors (Lipinski definition) is 9. The van der Waals surface area contributed by atoms with E-state index in [-0.39, 0.29) is 52.9 Å². The second kappa shape index (κ2) is 18.4. The number of benzene rings is 1. The second-order valence-electron chi connectivity index (χ2n) is 11.4. The SMILES string of the molecule is CC(=O)NCCCOC1/C=C/C[C@@H](C)OC(=O)c2c(O)cc(O)c(Cl)c2CC(=N/OCC(=O)C2CCCCCCC2)/C=C/C1. The number of phenols is 2. The van der Waals surface area contributed by atoms with Crippen molar-refractivity contribution in [2.24, 2.45) is 11.1 Å². The topological polar surface area (TPSA) is 144 Å². The highest BCUT2D eigenvalue weighted by Gasteiger charge is 2.26. The highest BCUT2D eigenvalue weighted by atomic mass is 35.5. The summed E-state index contributed by atoms with van der Waals surface area (Å²) in [7, 11) is 0. The predicted octanol–water partition coefficient (Wildman–Crippen LogP) is 5.96. The summed E-state index contributed by atoms with van der Waals surface area (Å²) in [4.78, 5) is 42.8. The van der Waals surface area contributed by atoms with E-state index in [2.05, 4.69) is 10.5 Å². The van der Waals surface area contributed by atoms with Crippen LogP contribution in [-0.2, 0) is 30.3 Å². The number of nitrogens with zero attached hydrogens (tertiary/aromatic N) is 1. The van der Waals surface area contributed by atoms with E-state index >= 15 is 0 Å². The average molecular weight is 633 g/mol. The summed E-state index contributed by atoms with van der Waals surface area (Å²) in [5, 5.41) is 27.8. The molecule has 1 fully saturated rings. The number of rotatable bonds is 9. The summed E-state index contributed by atoms with van der Waals surface area (Å²) < 4.78 is 11.6. The minimum Gasteiger partial charge on any atom is -0.507 e. The first kappa shape index (κ1) is 35.1. The van der Waals surface area contributed by atoms with Crippen LogP contribution >= 0.6 is 11.6 Å². The maximum absolute atomic E-state index is 13.2. The largest absolute Gasteiger partial charge is 0.507 e. The van der Waals surface area contributed by atoms with Gasteiger partial charge in [0.05, 0.1) is 16.8 Å². The molecule has 1 aliphatic heterocycles. The molecule has 3 rings (SSSR count). The molecule has 0 spiro atoms. The molecule has 3 N–H and O–H groups in total. The molecule has 10 nitrogen and oxygen atoms in total. The van der Waals surface area contributed by atoms with Gasteiger partial charge >= 0.3 is 5.97 Å². The van der Waals surface area contributed by atoms with Crippen molar-refractivity contribution in [2.75, 3.05) is 19.8 Å². The van der Waals surface area contributed by atoms with Crippen LogP contribution in [0.15, 0.2) is 35.5 Å². The number of phenolic OH excluding ortho intramolecular Hbond substituents is 2. The third-order valence-corrected chi connectivity index (χ3v) is 8.09. The Hall–Kier alpha value is -3.37. The summed E-state index contributed by atoms with van der Waals surface area (Å²) in [6.45, 7) is 3.93. The van der Waals surface area contributed by atoms with Gasteiger partial charge in [-0.3, -0.25) is 9.59 Å². The fraction of sp³-hybridized carbons (Fsp3) is 0.576. The van der Waals surface area contributed by atoms with Gasteiger partial charge < -0.3 is 29.8 Å². The summed E-state index contributed by atoms with van der Waals surface area (Å²) in [5.41, 5.74) is 0.265. The molecule has 1 heterocycles. The number of carbonyl (C=O) groups excluding carboxylic acids is 3. The quantitative estimate of drug-likeness (QED) is 0.131. The second-order valence-corrected chi connectivity index (χ2v) is 11.8. The van der Waals surface area contributed by atoms with Crippen molar-refractivity contribution < 1.29 is 38.9 Å². The number of ketones is 1. The maximum Gasteiger partial charge on any atom is 0.342 e. The first-order valence-electron chi connectivity index (χ1n) is 15.5. The number of carbonyl (C=O) groups is 3. The molecule has 2 atom stereocenters. The number of oxime groups is 1. The molecule has 1 aromatic rings. The Balaban J connectivity index is 1.85. The Labute approximate surface area is 264 Å². The first-order chi connectivity index (χ1) is 21.2. The molecular formula is C33H45ClN2O8. The van der Waals surface area contributed by atoms with Gasteiger partial charge in [-0.1, -0.05) is 67.1 Å². The van der Waals surface area contributed by atoms with E-state index in [9.17, 15) is 24.6 Å². The smallest absolute Gasteiger partial charge is 0.342 e. The lowest BCUT2D eigenvalue weighted by Crippen LogP contribution is -2.23. The number of halogens is 1. The molecule has 44 heavy (non-hydrogen) atoms. The van der Waals surface area contributed by atoms with Gasteiger partial charge in [0.15, 0.2) is 12.4 Å². The summed E-state index contributed by atoms with van der Waals surface area (Å²) in [6, 6.07) is 1.00. The molecule has 2 aliphatic rings. The monoisotopic (exact) mass is 632 g/mol. The van der Waals surface area contributed by atoms with Gasteiger partial charge in [-0.05, 0) is 44.2 Å². The number of aromatic hydroxyl groups is 2. The van der Waals surface area contributed by atoms with Gasteiger partial charge in [0, 0.05) is 44.9 Å². The molecule has 0 aromatic heterocycles. The molecular weight excluding hydrogens is 588 g/mol. The number of amides is 1. The van der Waals surface area contributed by atoms with Crippen molar-refractivity contribution in [3.05, 3.63) is 46.5 Å². The molecule has 242 valence electrons. The fourth-order valence-corrected chi connectivity index (χ4v) is 5.49.